The van der Waals surface area contributed by atoms with Gasteiger partial charge in [0.2, 0.25) is 0 Å². The number of hydrogen-bond acceptors (Lipinski definition) is 2. The summed E-state index contributed by atoms with van der Waals surface area (Å²) in [4.78, 5) is 8.73. The lowest BCUT2D eigenvalue weighted by atomic mass is 10.1. The van der Waals surface area contributed by atoms with E-state index < -0.39 is 0 Å². The van der Waals surface area contributed by atoms with Gasteiger partial charge in [0, 0.05) is 5.92 Å². The van der Waals surface area contributed by atoms with Gasteiger partial charge >= 0.3 is 0 Å². The SMILES string of the molecule is CC1(C)CC1c1nc(Cl)c(-c2ccc(F)cc2)c(Cl)n1. The minimum Gasteiger partial charge on any atom is -0.220 e. The van der Waals surface area contributed by atoms with E-state index in [4.69, 9.17) is 23.2 Å². The van der Waals surface area contributed by atoms with Gasteiger partial charge in [0.15, 0.2) is 0 Å². The molecule has 1 atom stereocenters. The molecule has 0 saturated heterocycles. The number of benzene rings is 1. The van der Waals surface area contributed by atoms with Gasteiger partial charge in [-0.15, -0.1) is 0 Å². The molecule has 0 bridgehead atoms. The quantitative estimate of drug-likeness (QED) is 0.721. The molecule has 1 aliphatic carbocycles. The van der Waals surface area contributed by atoms with Gasteiger partial charge in [-0.2, -0.15) is 0 Å². The highest BCUT2D eigenvalue weighted by molar-refractivity contribution is 6.37. The highest BCUT2D eigenvalue weighted by Gasteiger charge is 2.48. The van der Waals surface area contributed by atoms with Gasteiger partial charge in [-0.05, 0) is 29.5 Å². The molecule has 1 heterocycles. The van der Waals surface area contributed by atoms with Gasteiger partial charge in [0.05, 0.1) is 5.56 Å². The van der Waals surface area contributed by atoms with Gasteiger partial charge in [0.25, 0.3) is 0 Å². The third kappa shape index (κ3) is 2.40. The summed E-state index contributed by atoms with van der Waals surface area (Å²) in [5.74, 6) is 0.689. The minimum absolute atomic E-state index is 0.212. The molecule has 2 nitrogen and oxygen atoms in total. The van der Waals surface area contributed by atoms with Crippen LogP contribution in [0.4, 0.5) is 4.39 Å². The van der Waals surface area contributed by atoms with Crippen molar-refractivity contribution in [2.45, 2.75) is 26.2 Å². The molecule has 1 aromatic heterocycles. The Bertz CT molecular complexity index is 645. The van der Waals surface area contributed by atoms with Crippen LogP contribution in [0.5, 0.6) is 0 Å². The molecule has 0 N–H and O–H groups in total. The molecule has 1 aliphatic rings. The largest absolute Gasteiger partial charge is 0.220 e. The number of nitrogens with zero attached hydrogens (tertiary/aromatic N) is 2. The molecule has 1 unspecified atom stereocenters. The van der Waals surface area contributed by atoms with E-state index in [1.54, 1.807) is 12.1 Å². The summed E-state index contributed by atoms with van der Waals surface area (Å²) in [7, 11) is 0. The lowest BCUT2D eigenvalue weighted by Crippen LogP contribution is -2.00. The predicted octanol–water partition coefficient (Wildman–Crippen LogP) is 5.10. The van der Waals surface area contributed by atoms with Crippen LogP contribution in [-0.4, -0.2) is 9.97 Å². The Labute approximate surface area is 127 Å². The number of hydrogen-bond donors (Lipinski definition) is 0. The minimum atomic E-state index is -0.307. The predicted molar refractivity (Wildman–Crippen MR) is 78.6 cm³/mol. The zero-order chi connectivity index (χ0) is 14.5. The third-order valence-electron chi connectivity index (χ3n) is 3.80. The zero-order valence-electron chi connectivity index (χ0n) is 11.1. The Hall–Kier alpha value is -1.19. The van der Waals surface area contributed by atoms with Gasteiger partial charge in [-0.25, -0.2) is 14.4 Å². The van der Waals surface area contributed by atoms with Gasteiger partial charge in [0.1, 0.15) is 21.9 Å². The monoisotopic (exact) mass is 310 g/mol. The molecule has 0 radical (unpaired) electrons. The van der Waals surface area contributed by atoms with Crippen molar-refractivity contribution in [1.82, 2.24) is 9.97 Å². The normalized spacial score (nSPS) is 19.9. The van der Waals surface area contributed by atoms with Crippen LogP contribution < -0.4 is 0 Å². The van der Waals surface area contributed by atoms with Crippen LogP contribution in [-0.2, 0) is 0 Å². The van der Waals surface area contributed by atoms with E-state index in [1.165, 1.54) is 12.1 Å². The number of aromatic nitrogens is 2. The maximum absolute atomic E-state index is 13.0. The van der Waals surface area contributed by atoms with Gasteiger partial charge in [-0.1, -0.05) is 49.2 Å². The van der Waals surface area contributed by atoms with E-state index in [-0.39, 0.29) is 11.2 Å². The molecule has 5 heteroatoms. The summed E-state index contributed by atoms with van der Waals surface area (Å²) in [6.07, 6.45) is 1.04. The van der Waals surface area contributed by atoms with Crippen molar-refractivity contribution in [1.29, 1.82) is 0 Å². The fourth-order valence-corrected chi connectivity index (χ4v) is 2.96. The Morgan fingerprint density at radius 2 is 1.60 bits per heavy atom. The fraction of sp³-hybridized carbons (Fsp3) is 0.333. The molecule has 1 aromatic carbocycles. The van der Waals surface area contributed by atoms with Crippen LogP contribution in [0, 0.1) is 11.2 Å². The van der Waals surface area contributed by atoms with Crippen molar-refractivity contribution >= 4 is 23.2 Å². The Balaban J connectivity index is 2.03. The molecule has 104 valence electrons. The first-order valence-electron chi connectivity index (χ1n) is 6.37. The lowest BCUT2D eigenvalue weighted by Gasteiger charge is -2.09. The fourth-order valence-electron chi connectivity index (χ4n) is 2.34. The van der Waals surface area contributed by atoms with E-state index in [0.717, 1.165) is 6.42 Å². The lowest BCUT2D eigenvalue weighted by molar-refractivity contribution is 0.608. The Morgan fingerprint density at radius 3 is 2.05 bits per heavy atom. The standard InChI is InChI=1S/C15H13Cl2FN2/c1-15(2)7-10(15)14-19-12(16)11(13(17)20-14)8-3-5-9(18)6-4-8/h3-6,10H,7H2,1-2H3. The van der Waals surface area contributed by atoms with Crippen LogP contribution in [0.2, 0.25) is 10.3 Å². The highest BCUT2D eigenvalue weighted by Crippen LogP contribution is 2.58. The molecule has 20 heavy (non-hydrogen) atoms. The molecule has 0 amide bonds. The van der Waals surface area contributed by atoms with Crippen molar-refractivity contribution in [2.24, 2.45) is 5.41 Å². The second-order valence-corrected chi connectivity index (χ2v) is 6.51. The van der Waals surface area contributed by atoms with Crippen molar-refractivity contribution in [3.63, 3.8) is 0 Å². The summed E-state index contributed by atoms with van der Waals surface area (Å²) >= 11 is 12.5. The number of rotatable bonds is 2. The van der Waals surface area contributed by atoms with Crippen molar-refractivity contribution < 1.29 is 4.39 Å². The van der Waals surface area contributed by atoms with Crippen LogP contribution >= 0.6 is 23.2 Å². The first-order valence-corrected chi connectivity index (χ1v) is 7.13. The van der Waals surface area contributed by atoms with Crippen LogP contribution in [0.25, 0.3) is 11.1 Å². The summed E-state index contributed by atoms with van der Waals surface area (Å²) in [5, 5.41) is 0.628. The summed E-state index contributed by atoms with van der Waals surface area (Å²) < 4.78 is 13.0. The van der Waals surface area contributed by atoms with E-state index in [1.807, 2.05) is 0 Å². The second-order valence-electron chi connectivity index (χ2n) is 5.79. The topological polar surface area (TPSA) is 25.8 Å². The van der Waals surface area contributed by atoms with Crippen LogP contribution in [0.3, 0.4) is 0 Å². The zero-order valence-corrected chi connectivity index (χ0v) is 12.6. The van der Waals surface area contributed by atoms with Gasteiger partial charge < -0.3 is 0 Å². The molecule has 0 aliphatic heterocycles. The first-order chi connectivity index (χ1) is 9.38. The van der Waals surface area contributed by atoms with Gasteiger partial charge in [-0.3, -0.25) is 0 Å². The highest BCUT2D eigenvalue weighted by atomic mass is 35.5. The summed E-state index contributed by atoms with van der Waals surface area (Å²) in [5.41, 5.74) is 1.47. The van der Waals surface area contributed by atoms with E-state index in [0.29, 0.717) is 33.2 Å². The maximum atomic E-state index is 13.0. The van der Waals surface area contributed by atoms with Crippen LogP contribution in [0.15, 0.2) is 24.3 Å². The summed E-state index contributed by atoms with van der Waals surface area (Å²) in [6.45, 7) is 4.33. The molecule has 0 spiro atoms. The van der Waals surface area contributed by atoms with Crippen molar-refractivity contribution in [3.05, 3.63) is 46.2 Å². The molecule has 1 fully saturated rings. The van der Waals surface area contributed by atoms with E-state index >= 15 is 0 Å². The summed E-state index contributed by atoms with van der Waals surface area (Å²) in [6, 6.07) is 5.96. The molecular formula is C15H13Cl2FN2. The van der Waals surface area contributed by atoms with Crippen molar-refractivity contribution in [2.75, 3.05) is 0 Å². The molecular weight excluding hydrogens is 298 g/mol. The Morgan fingerprint density at radius 1 is 1.10 bits per heavy atom. The van der Waals surface area contributed by atoms with E-state index in [2.05, 4.69) is 23.8 Å². The average Bonchev–Trinajstić information content (AvgIpc) is 3.00. The first kappa shape index (κ1) is 13.8. The molecule has 1 saturated carbocycles. The Kier molecular flexibility index (Phi) is 3.22. The number of halogens is 3. The third-order valence-corrected chi connectivity index (χ3v) is 4.34. The van der Waals surface area contributed by atoms with E-state index in [9.17, 15) is 4.39 Å². The smallest absolute Gasteiger partial charge is 0.142 e. The molecule has 2 aromatic rings. The van der Waals surface area contributed by atoms with Crippen molar-refractivity contribution in [3.8, 4) is 11.1 Å². The van der Waals surface area contributed by atoms with Crippen LogP contribution in [0.1, 0.15) is 32.0 Å². The average molecular weight is 311 g/mol. The second kappa shape index (κ2) is 4.68. The molecule has 3 rings (SSSR count). The maximum Gasteiger partial charge on any atom is 0.142 e.